The second-order valence-electron chi connectivity index (χ2n) is 5.23. The number of rotatable bonds is 3. The number of thiazole rings is 1. The molecule has 0 aliphatic carbocycles. The summed E-state index contributed by atoms with van der Waals surface area (Å²) >= 11 is 1.69. The van der Waals surface area contributed by atoms with Crippen LogP contribution in [0.4, 0.5) is 5.13 Å². The second kappa shape index (κ2) is 4.81. The molecule has 1 N–H and O–H groups in total. The van der Waals surface area contributed by atoms with Gasteiger partial charge in [0.2, 0.25) is 5.91 Å². The molecule has 0 saturated carbocycles. The summed E-state index contributed by atoms with van der Waals surface area (Å²) in [5, 5.41) is 3.98. The zero-order valence-electron chi connectivity index (χ0n) is 11.1. The lowest BCUT2D eigenvalue weighted by molar-refractivity contribution is -0.126. The van der Waals surface area contributed by atoms with E-state index in [1.807, 2.05) is 32.0 Å². The highest BCUT2D eigenvalue weighted by molar-refractivity contribution is 7.22. The molecule has 0 atom stereocenters. The fraction of sp³-hybridized carbons (Fsp3) is 0.429. The van der Waals surface area contributed by atoms with Crippen LogP contribution in [0.15, 0.2) is 24.3 Å². The molecule has 4 nitrogen and oxygen atoms in total. The third-order valence-electron chi connectivity index (χ3n) is 3.24. The molecule has 1 saturated heterocycles. The fourth-order valence-electron chi connectivity index (χ4n) is 2.20. The maximum Gasteiger partial charge on any atom is 0.226 e. The summed E-state index contributed by atoms with van der Waals surface area (Å²) in [6.07, 6.45) is 0. The zero-order valence-corrected chi connectivity index (χ0v) is 11.9. The van der Waals surface area contributed by atoms with Crippen molar-refractivity contribution in [2.24, 2.45) is 5.92 Å². The predicted octanol–water partition coefficient (Wildman–Crippen LogP) is 2.26. The van der Waals surface area contributed by atoms with Gasteiger partial charge in [0.1, 0.15) is 0 Å². The molecule has 0 spiro atoms. The lowest BCUT2D eigenvalue weighted by atomic mass is 10.00. The van der Waals surface area contributed by atoms with Crippen molar-refractivity contribution in [1.82, 2.24) is 10.3 Å². The number of aromatic nitrogens is 1. The van der Waals surface area contributed by atoms with Gasteiger partial charge in [0.15, 0.2) is 5.13 Å². The molecule has 5 heteroatoms. The van der Waals surface area contributed by atoms with E-state index in [1.165, 1.54) is 4.70 Å². The number of carbonyl (C=O) groups excluding carboxylic acids is 1. The second-order valence-corrected chi connectivity index (χ2v) is 6.24. The number of amides is 1. The van der Waals surface area contributed by atoms with Gasteiger partial charge in [-0.2, -0.15) is 0 Å². The van der Waals surface area contributed by atoms with E-state index >= 15 is 0 Å². The number of nitrogens with zero attached hydrogens (tertiary/aromatic N) is 2. The maximum absolute atomic E-state index is 11.8. The normalized spacial score (nSPS) is 15.8. The molecule has 0 unspecified atom stereocenters. The average molecular weight is 275 g/mol. The monoisotopic (exact) mass is 275 g/mol. The van der Waals surface area contributed by atoms with Crippen LogP contribution in [0.1, 0.15) is 13.8 Å². The van der Waals surface area contributed by atoms with Crippen LogP contribution in [-0.2, 0) is 4.79 Å². The summed E-state index contributed by atoms with van der Waals surface area (Å²) in [6, 6.07) is 8.35. The van der Waals surface area contributed by atoms with Crippen molar-refractivity contribution < 1.29 is 4.79 Å². The summed E-state index contributed by atoms with van der Waals surface area (Å²) in [7, 11) is 0. The number of anilines is 1. The molecular formula is C14H17N3OS. The maximum atomic E-state index is 11.8. The molecule has 2 aromatic rings. The van der Waals surface area contributed by atoms with E-state index in [1.54, 1.807) is 11.3 Å². The lowest BCUT2D eigenvalue weighted by Crippen LogP contribution is -2.54. The number of fused-ring (bicyclic) bond motifs is 1. The van der Waals surface area contributed by atoms with Crippen molar-refractivity contribution in [3.8, 4) is 0 Å². The SMILES string of the molecule is CC(C)NC(=O)C1CN(c2nc3ccccc3s2)C1. The van der Waals surface area contributed by atoms with Crippen LogP contribution in [0.2, 0.25) is 0 Å². The Morgan fingerprint density at radius 1 is 1.42 bits per heavy atom. The van der Waals surface area contributed by atoms with Crippen molar-refractivity contribution in [2.75, 3.05) is 18.0 Å². The number of nitrogens with one attached hydrogen (secondary N) is 1. The Morgan fingerprint density at radius 2 is 2.16 bits per heavy atom. The number of benzene rings is 1. The first-order valence-electron chi connectivity index (χ1n) is 6.54. The average Bonchev–Trinajstić information content (AvgIpc) is 2.68. The van der Waals surface area contributed by atoms with Crippen LogP contribution in [-0.4, -0.2) is 30.0 Å². The van der Waals surface area contributed by atoms with Crippen molar-refractivity contribution in [3.05, 3.63) is 24.3 Å². The van der Waals surface area contributed by atoms with E-state index in [0.29, 0.717) is 0 Å². The molecule has 0 bridgehead atoms. The summed E-state index contributed by atoms with van der Waals surface area (Å²) in [4.78, 5) is 18.6. The van der Waals surface area contributed by atoms with Gasteiger partial charge in [-0.1, -0.05) is 23.5 Å². The topological polar surface area (TPSA) is 45.2 Å². The third-order valence-corrected chi connectivity index (χ3v) is 4.33. The highest BCUT2D eigenvalue weighted by Crippen LogP contribution is 2.32. The summed E-state index contributed by atoms with van der Waals surface area (Å²) in [5.41, 5.74) is 1.04. The molecule has 1 aromatic heterocycles. The number of hydrogen-bond donors (Lipinski definition) is 1. The van der Waals surface area contributed by atoms with E-state index in [9.17, 15) is 4.79 Å². The van der Waals surface area contributed by atoms with Gasteiger partial charge in [-0.05, 0) is 26.0 Å². The Bertz CT molecular complexity index is 569. The summed E-state index contributed by atoms with van der Waals surface area (Å²) in [5.74, 6) is 0.266. The van der Waals surface area contributed by atoms with Gasteiger partial charge in [0.05, 0.1) is 16.1 Å². The lowest BCUT2D eigenvalue weighted by Gasteiger charge is -2.38. The minimum Gasteiger partial charge on any atom is -0.354 e. The molecule has 19 heavy (non-hydrogen) atoms. The van der Waals surface area contributed by atoms with Crippen molar-refractivity contribution in [2.45, 2.75) is 19.9 Å². The first kappa shape index (κ1) is 12.4. The van der Waals surface area contributed by atoms with Crippen LogP contribution in [0.3, 0.4) is 0 Å². The highest BCUT2D eigenvalue weighted by atomic mass is 32.1. The van der Waals surface area contributed by atoms with E-state index in [4.69, 9.17) is 0 Å². The molecule has 1 fully saturated rings. The molecular weight excluding hydrogens is 258 g/mol. The zero-order chi connectivity index (χ0) is 13.4. The summed E-state index contributed by atoms with van der Waals surface area (Å²) in [6.45, 7) is 5.53. The van der Waals surface area contributed by atoms with Gasteiger partial charge in [0, 0.05) is 19.1 Å². The van der Waals surface area contributed by atoms with E-state index < -0.39 is 0 Å². The van der Waals surface area contributed by atoms with Crippen LogP contribution >= 0.6 is 11.3 Å². The minimum atomic E-state index is 0.106. The standard InChI is InChI=1S/C14H17N3OS/c1-9(2)15-13(18)10-7-17(8-10)14-16-11-5-3-4-6-12(11)19-14/h3-6,9-10H,7-8H2,1-2H3,(H,15,18). The number of para-hydroxylation sites is 1. The highest BCUT2D eigenvalue weighted by Gasteiger charge is 2.34. The molecule has 1 amide bonds. The van der Waals surface area contributed by atoms with Crippen LogP contribution in [0.25, 0.3) is 10.2 Å². The van der Waals surface area contributed by atoms with Crippen molar-refractivity contribution >= 4 is 32.6 Å². The van der Waals surface area contributed by atoms with Crippen LogP contribution in [0, 0.1) is 5.92 Å². The molecule has 1 aliphatic heterocycles. The first-order valence-corrected chi connectivity index (χ1v) is 7.36. The van der Waals surface area contributed by atoms with Gasteiger partial charge in [-0.15, -0.1) is 0 Å². The fourth-order valence-corrected chi connectivity index (χ4v) is 3.18. The van der Waals surface area contributed by atoms with Crippen LogP contribution < -0.4 is 10.2 Å². The third kappa shape index (κ3) is 2.42. The van der Waals surface area contributed by atoms with Crippen LogP contribution in [0.5, 0.6) is 0 Å². The Balaban J connectivity index is 1.65. The Hall–Kier alpha value is -1.62. The molecule has 100 valence electrons. The van der Waals surface area contributed by atoms with Crippen molar-refractivity contribution in [1.29, 1.82) is 0 Å². The first-order chi connectivity index (χ1) is 9.13. The number of hydrogen-bond acceptors (Lipinski definition) is 4. The Labute approximate surface area is 116 Å². The largest absolute Gasteiger partial charge is 0.354 e. The quantitative estimate of drug-likeness (QED) is 0.934. The van der Waals surface area contributed by atoms with Gasteiger partial charge in [-0.3, -0.25) is 4.79 Å². The van der Waals surface area contributed by atoms with E-state index in [-0.39, 0.29) is 17.9 Å². The smallest absolute Gasteiger partial charge is 0.226 e. The minimum absolute atomic E-state index is 0.106. The van der Waals surface area contributed by atoms with Gasteiger partial charge in [-0.25, -0.2) is 4.98 Å². The molecule has 0 radical (unpaired) electrons. The van der Waals surface area contributed by atoms with Gasteiger partial charge in [0.25, 0.3) is 0 Å². The molecule has 1 aliphatic rings. The predicted molar refractivity (Wildman–Crippen MR) is 78.6 cm³/mol. The Morgan fingerprint density at radius 3 is 2.84 bits per heavy atom. The van der Waals surface area contributed by atoms with E-state index in [0.717, 1.165) is 23.7 Å². The molecule has 2 heterocycles. The Kier molecular flexibility index (Phi) is 3.14. The van der Waals surface area contributed by atoms with Gasteiger partial charge < -0.3 is 10.2 Å². The molecule has 1 aromatic carbocycles. The van der Waals surface area contributed by atoms with Crippen molar-refractivity contribution in [3.63, 3.8) is 0 Å². The van der Waals surface area contributed by atoms with E-state index in [2.05, 4.69) is 21.3 Å². The van der Waals surface area contributed by atoms with Gasteiger partial charge >= 0.3 is 0 Å². The number of carbonyl (C=O) groups is 1. The summed E-state index contributed by atoms with van der Waals surface area (Å²) < 4.78 is 1.20. The molecule has 3 rings (SSSR count).